The third kappa shape index (κ3) is 5.24. The lowest BCUT2D eigenvalue weighted by atomic mass is 10.0. The van der Waals surface area contributed by atoms with Crippen LogP contribution in [0.25, 0.3) is 10.9 Å². The molecule has 3 atom stereocenters. The maximum atomic E-state index is 12.0. The van der Waals surface area contributed by atoms with Gasteiger partial charge in [-0.05, 0) is 56.5 Å². The Morgan fingerprint density at radius 2 is 1.97 bits per heavy atom. The van der Waals surface area contributed by atoms with Crippen LogP contribution in [0.2, 0.25) is 0 Å². The van der Waals surface area contributed by atoms with E-state index in [-0.39, 0.29) is 11.1 Å². The summed E-state index contributed by atoms with van der Waals surface area (Å²) in [5.41, 5.74) is 9.48. The molecule has 6 rings (SSSR count). The van der Waals surface area contributed by atoms with Crippen molar-refractivity contribution in [1.29, 1.82) is 5.26 Å². The summed E-state index contributed by atoms with van der Waals surface area (Å²) in [6, 6.07) is 14.7. The number of nitriles is 1. The summed E-state index contributed by atoms with van der Waals surface area (Å²) in [5, 5.41) is 10.5. The lowest BCUT2D eigenvalue weighted by Crippen LogP contribution is -2.65. The van der Waals surface area contributed by atoms with Gasteiger partial charge in [-0.25, -0.2) is 4.98 Å². The molecule has 9 heteroatoms. The summed E-state index contributed by atoms with van der Waals surface area (Å²) in [5.74, 6) is 1.03. The molecule has 3 aliphatic rings. The molecule has 0 radical (unpaired) electrons. The summed E-state index contributed by atoms with van der Waals surface area (Å²) < 4.78 is 0. The maximum Gasteiger partial charge on any atom is 0.248 e. The summed E-state index contributed by atoms with van der Waals surface area (Å²) in [4.78, 5) is 29.6. The van der Waals surface area contributed by atoms with Gasteiger partial charge in [-0.1, -0.05) is 6.07 Å². The van der Waals surface area contributed by atoms with Gasteiger partial charge in [0.2, 0.25) is 5.56 Å². The first-order chi connectivity index (χ1) is 18.8. The van der Waals surface area contributed by atoms with Crippen LogP contribution in [0.1, 0.15) is 31.4 Å². The molecule has 9 nitrogen and oxygen atoms in total. The summed E-state index contributed by atoms with van der Waals surface area (Å²) in [7, 11) is 0. The van der Waals surface area contributed by atoms with Crippen molar-refractivity contribution in [2.75, 3.05) is 62.2 Å². The van der Waals surface area contributed by atoms with Crippen molar-refractivity contribution in [3.05, 3.63) is 64.1 Å². The Labute approximate surface area is 229 Å². The molecular weight excluding hydrogens is 488 g/mol. The molecule has 3 saturated heterocycles. The molecule has 204 valence electrons. The fourth-order valence-electron chi connectivity index (χ4n) is 6.65. The van der Waals surface area contributed by atoms with Gasteiger partial charge in [0.15, 0.2) is 0 Å². The van der Waals surface area contributed by atoms with Gasteiger partial charge in [0.25, 0.3) is 0 Å². The normalized spacial score (nSPS) is 26.1. The minimum absolute atomic E-state index is 0.124. The van der Waals surface area contributed by atoms with Crippen LogP contribution in [-0.2, 0) is 6.42 Å². The fraction of sp³-hybridized carbons (Fsp3) is 0.500. The predicted molar refractivity (Wildman–Crippen MR) is 155 cm³/mol. The second kappa shape index (κ2) is 10.3. The number of hydrogen-bond acceptors (Lipinski definition) is 8. The van der Waals surface area contributed by atoms with Crippen LogP contribution in [0.4, 0.5) is 11.5 Å². The molecule has 1 aromatic carbocycles. The van der Waals surface area contributed by atoms with E-state index >= 15 is 0 Å². The number of hydrogen-bond donors (Lipinski definition) is 2. The topological polar surface area (TPSA) is 109 Å². The molecule has 0 saturated carbocycles. The molecule has 0 amide bonds. The van der Waals surface area contributed by atoms with Gasteiger partial charge < -0.3 is 25.4 Å². The van der Waals surface area contributed by atoms with Crippen molar-refractivity contribution in [3.63, 3.8) is 0 Å². The van der Waals surface area contributed by atoms with Crippen molar-refractivity contribution < 1.29 is 0 Å². The Balaban J connectivity index is 1.11. The standard InChI is InChI=1S/C30H38N8O/c1-21-17-37(26-6-4-23(15-31)29-25(26)5-8-28(39)34-29)19-24-18-35(13-14-38(21)24)11-9-22-3-7-27(33-16-22)36-12-10-30(2,32)20-36/h3-8,16,21,24H,9-14,17-20,32H2,1-2H3,(H,34,39). The van der Waals surface area contributed by atoms with Gasteiger partial charge >= 0.3 is 0 Å². The lowest BCUT2D eigenvalue weighted by molar-refractivity contribution is 0.0356. The molecule has 3 aromatic rings. The van der Waals surface area contributed by atoms with E-state index in [2.05, 4.69) is 56.6 Å². The van der Waals surface area contributed by atoms with Crippen LogP contribution in [0.15, 0.2) is 47.4 Å². The number of nitrogens with two attached hydrogens (primary N) is 1. The maximum absolute atomic E-state index is 12.0. The van der Waals surface area contributed by atoms with Crippen LogP contribution in [-0.4, -0.2) is 89.7 Å². The average molecular weight is 527 g/mol. The number of piperazine rings is 2. The average Bonchev–Trinajstić information content (AvgIpc) is 3.30. The van der Waals surface area contributed by atoms with E-state index in [0.717, 1.165) is 82.1 Å². The lowest BCUT2D eigenvalue weighted by Gasteiger charge is -2.51. The molecular formula is C30H38N8O. The molecule has 0 bridgehead atoms. The van der Waals surface area contributed by atoms with Gasteiger partial charge in [-0.3, -0.25) is 9.69 Å². The highest BCUT2D eigenvalue weighted by molar-refractivity contribution is 5.95. The monoisotopic (exact) mass is 526 g/mol. The van der Waals surface area contributed by atoms with Crippen LogP contribution in [0, 0.1) is 11.3 Å². The predicted octanol–water partition coefficient (Wildman–Crippen LogP) is 2.16. The van der Waals surface area contributed by atoms with Crippen molar-refractivity contribution in [2.24, 2.45) is 5.73 Å². The highest BCUT2D eigenvalue weighted by atomic mass is 16.1. The molecule has 2 aromatic heterocycles. The Bertz CT molecular complexity index is 1440. The van der Waals surface area contributed by atoms with E-state index < -0.39 is 0 Å². The van der Waals surface area contributed by atoms with Gasteiger partial charge in [-0.2, -0.15) is 5.26 Å². The number of fused-ring (bicyclic) bond motifs is 2. The first-order valence-corrected chi connectivity index (χ1v) is 14.1. The highest BCUT2D eigenvalue weighted by Crippen LogP contribution is 2.31. The van der Waals surface area contributed by atoms with E-state index in [4.69, 9.17) is 10.7 Å². The minimum atomic E-state index is -0.184. The second-order valence-corrected chi connectivity index (χ2v) is 11.9. The number of anilines is 2. The van der Waals surface area contributed by atoms with Gasteiger partial charge in [0.1, 0.15) is 11.9 Å². The number of benzene rings is 1. The Kier molecular flexibility index (Phi) is 6.79. The molecule has 0 aliphatic carbocycles. The molecule has 39 heavy (non-hydrogen) atoms. The first-order valence-electron chi connectivity index (χ1n) is 14.1. The van der Waals surface area contributed by atoms with E-state index in [1.807, 2.05) is 24.4 Å². The minimum Gasteiger partial charge on any atom is -0.368 e. The van der Waals surface area contributed by atoms with Crippen LogP contribution < -0.4 is 21.1 Å². The SMILES string of the molecule is CC1CN(c2ccc(C#N)c3[nH]c(=O)ccc23)CC2CN(CCc3ccc(N4CCC(C)(N)C4)nc3)CCN12. The largest absolute Gasteiger partial charge is 0.368 e. The second-order valence-electron chi connectivity index (χ2n) is 11.9. The number of pyridine rings is 2. The van der Waals surface area contributed by atoms with Gasteiger partial charge in [-0.15, -0.1) is 0 Å². The van der Waals surface area contributed by atoms with Crippen molar-refractivity contribution in [3.8, 4) is 6.07 Å². The number of nitrogens with zero attached hydrogens (tertiary/aromatic N) is 6. The van der Waals surface area contributed by atoms with E-state index in [9.17, 15) is 10.1 Å². The van der Waals surface area contributed by atoms with E-state index in [1.54, 1.807) is 6.07 Å². The van der Waals surface area contributed by atoms with E-state index in [0.29, 0.717) is 23.2 Å². The molecule has 3 unspecified atom stereocenters. The summed E-state index contributed by atoms with van der Waals surface area (Å²) >= 11 is 0. The first kappa shape index (κ1) is 25.8. The molecule has 0 spiro atoms. The van der Waals surface area contributed by atoms with E-state index in [1.165, 1.54) is 5.56 Å². The van der Waals surface area contributed by atoms with Crippen molar-refractivity contribution in [2.45, 2.75) is 44.3 Å². The molecule has 3 aliphatic heterocycles. The highest BCUT2D eigenvalue weighted by Gasteiger charge is 2.36. The summed E-state index contributed by atoms with van der Waals surface area (Å²) in [6.07, 6.45) is 4.02. The quantitative estimate of drug-likeness (QED) is 0.521. The third-order valence-corrected chi connectivity index (χ3v) is 8.78. The van der Waals surface area contributed by atoms with Gasteiger partial charge in [0, 0.05) is 93.3 Å². The van der Waals surface area contributed by atoms with Crippen molar-refractivity contribution >= 4 is 22.4 Å². The van der Waals surface area contributed by atoms with Crippen LogP contribution in [0.3, 0.4) is 0 Å². The zero-order valence-corrected chi connectivity index (χ0v) is 22.9. The number of H-pyrrole nitrogens is 1. The number of nitrogens with one attached hydrogen (secondary N) is 1. The third-order valence-electron chi connectivity index (χ3n) is 8.78. The smallest absolute Gasteiger partial charge is 0.248 e. The zero-order valence-electron chi connectivity index (χ0n) is 22.9. The zero-order chi connectivity index (χ0) is 27.1. The number of aromatic amines is 1. The molecule has 5 heterocycles. The number of aromatic nitrogens is 2. The van der Waals surface area contributed by atoms with Crippen molar-refractivity contribution in [1.82, 2.24) is 19.8 Å². The number of rotatable bonds is 5. The Hall–Kier alpha value is -3.45. The summed E-state index contributed by atoms with van der Waals surface area (Å²) in [6.45, 7) is 12.3. The Morgan fingerprint density at radius 3 is 2.72 bits per heavy atom. The van der Waals surface area contributed by atoms with Crippen LogP contribution >= 0.6 is 0 Å². The molecule has 3 N–H and O–H groups in total. The Morgan fingerprint density at radius 1 is 1.10 bits per heavy atom. The fourth-order valence-corrected chi connectivity index (χ4v) is 6.65. The molecule has 3 fully saturated rings. The van der Waals surface area contributed by atoms with Crippen LogP contribution in [0.5, 0.6) is 0 Å². The van der Waals surface area contributed by atoms with Gasteiger partial charge in [0.05, 0.1) is 11.1 Å².